The first-order valence-corrected chi connectivity index (χ1v) is 26.5. The van der Waals surface area contributed by atoms with Gasteiger partial charge in [0, 0.05) is 27.8 Å². The van der Waals surface area contributed by atoms with Crippen LogP contribution in [0.15, 0.2) is 194 Å². The van der Waals surface area contributed by atoms with Gasteiger partial charge in [0.2, 0.25) is 0 Å². The number of thiazole rings is 2. The number of aromatic nitrogens is 5. The summed E-state index contributed by atoms with van der Waals surface area (Å²) >= 11 is 3.37. The molecule has 0 saturated carbocycles. The zero-order valence-electron chi connectivity index (χ0n) is 35.5. The summed E-state index contributed by atoms with van der Waals surface area (Å²) in [7, 11) is -1.42. The van der Waals surface area contributed by atoms with E-state index in [1.54, 1.807) is 22.7 Å². The Labute approximate surface area is 381 Å². The summed E-state index contributed by atoms with van der Waals surface area (Å²) in [5, 5.41) is 3.38. The van der Waals surface area contributed by atoms with E-state index in [1.807, 2.05) is 12.1 Å². The molecule has 0 spiro atoms. The fourth-order valence-electron chi connectivity index (χ4n) is 8.23. The van der Waals surface area contributed by atoms with Crippen molar-refractivity contribution in [2.45, 2.75) is 19.6 Å². The standard InChI is InChI=1S/C56H41N5S2Si/c1-64(2,3)43-32-30-37(31-33-43)45-19-5-7-21-47(45)46-20-6-4-18-44(46)36-26-28-38(29-27-36)52-59-53(39-14-12-16-41(34-39)55-57-48-22-8-10-24-50(48)62-55)61-54(60-52)40-15-13-17-42(35-40)56-58-49-23-9-11-25-51(49)63-56/h4-35H,1-3H3. The number of benzene rings is 8. The maximum absolute atomic E-state index is 5.17. The number of hydrogen-bond donors (Lipinski definition) is 0. The summed E-state index contributed by atoms with van der Waals surface area (Å²) in [6.45, 7) is 7.18. The van der Waals surface area contributed by atoms with Crippen LogP contribution < -0.4 is 5.19 Å². The van der Waals surface area contributed by atoms with Crippen LogP contribution in [-0.2, 0) is 0 Å². The van der Waals surface area contributed by atoms with Gasteiger partial charge in [0.1, 0.15) is 10.0 Å². The molecule has 0 aliphatic heterocycles. The highest BCUT2D eigenvalue weighted by atomic mass is 32.1. The second kappa shape index (κ2) is 16.5. The quantitative estimate of drug-likeness (QED) is 0.135. The molecule has 0 aliphatic rings. The van der Waals surface area contributed by atoms with E-state index in [0.29, 0.717) is 17.5 Å². The minimum Gasteiger partial charge on any atom is -0.236 e. The molecular weight excluding hydrogens is 835 g/mol. The third-order valence-corrected chi connectivity index (χ3v) is 15.9. The molecule has 0 N–H and O–H groups in total. The monoisotopic (exact) mass is 875 g/mol. The first-order chi connectivity index (χ1) is 31.3. The summed E-state index contributed by atoms with van der Waals surface area (Å²) in [6, 6.07) is 68.5. The number of nitrogens with zero attached hydrogens (tertiary/aromatic N) is 5. The Balaban J connectivity index is 0.989. The lowest BCUT2D eigenvalue weighted by atomic mass is 9.89. The number of para-hydroxylation sites is 2. The lowest BCUT2D eigenvalue weighted by Gasteiger charge is -2.18. The smallest absolute Gasteiger partial charge is 0.164 e. The van der Waals surface area contributed by atoms with Crippen LogP contribution in [-0.4, -0.2) is 33.0 Å². The van der Waals surface area contributed by atoms with Crippen LogP contribution in [0.5, 0.6) is 0 Å². The van der Waals surface area contributed by atoms with Crippen LogP contribution in [0.3, 0.4) is 0 Å². The minimum absolute atomic E-state index is 0.595. The first-order valence-electron chi connectivity index (χ1n) is 21.4. The van der Waals surface area contributed by atoms with Gasteiger partial charge in [0.15, 0.2) is 17.5 Å². The van der Waals surface area contributed by atoms with E-state index in [9.17, 15) is 0 Å². The average Bonchev–Trinajstić information content (AvgIpc) is 4.00. The van der Waals surface area contributed by atoms with Gasteiger partial charge in [-0.1, -0.05) is 183 Å². The van der Waals surface area contributed by atoms with Crippen LogP contribution in [0, 0.1) is 0 Å². The molecule has 0 radical (unpaired) electrons. The van der Waals surface area contributed by atoms with Gasteiger partial charge in [-0.25, -0.2) is 24.9 Å². The van der Waals surface area contributed by atoms with Gasteiger partial charge in [-0.05, 0) is 69.8 Å². The molecule has 0 aliphatic carbocycles. The Morgan fingerprint density at radius 2 is 0.688 bits per heavy atom. The number of hydrogen-bond acceptors (Lipinski definition) is 7. The molecule has 64 heavy (non-hydrogen) atoms. The first kappa shape index (κ1) is 39.6. The number of rotatable bonds is 9. The molecule has 0 bridgehead atoms. The van der Waals surface area contributed by atoms with Crippen molar-refractivity contribution >= 4 is 56.4 Å². The van der Waals surface area contributed by atoms with Crippen LogP contribution in [0.1, 0.15) is 0 Å². The van der Waals surface area contributed by atoms with Crippen LogP contribution in [0.4, 0.5) is 0 Å². The SMILES string of the molecule is C[Si](C)(C)c1ccc(-c2ccccc2-c2ccccc2-c2ccc(-c3nc(-c4cccc(-c5nc6ccccc6s5)c4)nc(-c4cccc(-c5nc6ccccc6s5)c4)n3)cc2)cc1. The third-order valence-electron chi connectivity index (χ3n) is 11.6. The molecule has 0 atom stereocenters. The molecule has 11 aromatic rings. The highest BCUT2D eigenvalue weighted by Gasteiger charge is 2.19. The molecule has 306 valence electrons. The Morgan fingerprint density at radius 1 is 0.312 bits per heavy atom. The molecule has 8 aromatic carbocycles. The van der Waals surface area contributed by atoms with Crippen molar-refractivity contribution in [3.8, 4) is 88.7 Å². The van der Waals surface area contributed by atoms with Gasteiger partial charge >= 0.3 is 0 Å². The molecule has 0 unspecified atom stereocenters. The average molecular weight is 876 g/mol. The van der Waals surface area contributed by atoms with E-state index >= 15 is 0 Å². The number of fused-ring (bicyclic) bond motifs is 2. The van der Waals surface area contributed by atoms with Crippen molar-refractivity contribution in [1.29, 1.82) is 0 Å². The normalized spacial score (nSPS) is 11.7. The van der Waals surface area contributed by atoms with E-state index in [2.05, 4.69) is 202 Å². The maximum Gasteiger partial charge on any atom is 0.164 e. The van der Waals surface area contributed by atoms with E-state index in [-0.39, 0.29) is 0 Å². The van der Waals surface area contributed by atoms with Crippen LogP contribution >= 0.6 is 22.7 Å². The molecule has 8 heteroatoms. The fraction of sp³-hybridized carbons (Fsp3) is 0.0536. The van der Waals surface area contributed by atoms with Gasteiger partial charge in [-0.15, -0.1) is 22.7 Å². The molecule has 3 heterocycles. The Hall–Kier alpha value is -7.23. The van der Waals surface area contributed by atoms with Crippen molar-refractivity contribution < 1.29 is 0 Å². The van der Waals surface area contributed by atoms with Gasteiger partial charge < -0.3 is 0 Å². The lowest BCUT2D eigenvalue weighted by molar-refractivity contribution is 1.07. The highest BCUT2D eigenvalue weighted by Crippen LogP contribution is 2.39. The van der Waals surface area contributed by atoms with Gasteiger partial charge in [0.25, 0.3) is 0 Å². The van der Waals surface area contributed by atoms with E-state index in [4.69, 9.17) is 24.9 Å². The van der Waals surface area contributed by atoms with Gasteiger partial charge in [-0.3, -0.25) is 0 Å². The Bertz CT molecular complexity index is 3290. The zero-order chi connectivity index (χ0) is 43.2. The Morgan fingerprint density at radius 3 is 1.14 bits per heavy atom. The third kappa shape index (κ3) is 7.77. The maximum atomic E-state index is 5.17. The van der Waals surface area contributed by atoms with E-state index in [1.165, 1.54) is 27.4 Å². The summed E-state index contributed by atoms with van der Waals surface area (Å²) in [4.78, 5) is 25.4. The minimum atomic E-state index is -1.42. The zero-order valence-corrected chi connectivity index (χ0v) is 38.2. The van der Waals surface area contributed by atoms with Crippen molar-refractivity contribution in [3.63, 3.8) is 0 Å². The summed E-state index contributed by atoms with van der Waals surface area (Å²) in [6.07, 6.45) is 0. The molecular formula is C56H41N5S2Si. The fourth-order valence-corrected chi connectivity index (χ4v) is 11.3. The predicted octanol–water partition coefficient (Wildman–Crippen LogP) is 15.0. The molecule has 11 rings (SSSR count). The molecule has 0 saturated heterocycles. The van der Waals surface area contributed by atoms with E-state index < -0.39 is 8.07 Å². The van der Waals surface area contributed by atoms with Crippen LogP contribution in [0.2, 0.25) is 19.6 Å². The second-order valence-electron chi connectivity index (χ2n) is 16.9. The van der Waals surface area contributed by atoms with Gasteiger partial charge in [-0.2, -0.15) is 0 Å². The summed E-state index contributed by atoms with van der Waals surface area (Å²) in [5.74, 6) is 1.79. The van der Waals surface area contributed by atoms with E-state index in [0.717, 1.165) is 69.4 Å². The molecule has 5 nitrogen and oxygen atoms in total. The van der Waals surface area contributed by atoms with Crippen LogP contribution in [0.25, 0.3) is 109 Å². The molecule has 3 aromatic heterocycles. The Kier molecular flexibility index (Phi) is 10.2. The summed E-state index contributed by atoms with van der Waals surface area (Å²) in [5.41, 5.74) is 13.8. The molecule has 0 fully saturated rings. The largest absolute Gasteiger partial charge is 0.236 e. The summed E-state index contributed by atoms with van der Waals surface area (Å²) < 4.78 is 2.31. The topological polar surface area (TPSA) is 64.5 Å². The second-order valence-corrected chi connectivity index (χ2v) is 24.1. The lowest BCUT2D eigenvalue weighted by Crippen LogP contribution is -2.37. The highest BCUT2D eigenvalue weighted by molar-refractivity contribution is 7.22. The van der Waals surface area contributed by atoms with Crippen molar-refractivity contribution in [2.75, 3.05) is 0 Å². The van der Waals surface area contributed by atoms with Crippen molar-refractivity contribution in [3.05, 3.63) is 194 Å². The van der Waals surface area contributed by atoms with Crippen molar-refractivity contribution in [2.24, 2.45) is 0 Å². The molecule has 0 amide bonds. The predicted molar refractivity (Wildman–Crippen MR) is 273 cm³/mol. The van der Waals surface area contributed by atoms with Gasteiger partial charge in [0.05, 0.1) is 28.5 Å². The van der Waals surface area contributed by atoms with Crippen molar-refractivity contribution in [1.82, 2.24) is 24.9 Å².